The molecule has 98 valence electrons. The maximum Gasteiger partial charge on any atom is 0.232 e. The number of thioether (sulfide) groups is 1. The highest BCUT2D eigenvalue weighted by molar-refractivity contribution is 7.99. The first-order valence-corrected chi connectivity index (χ1v) is 8.18. The molecule has 0 aromatic rings. The molecule has 0 spiro atoms. The Hall–Kier alpha value is -0.220. The SMILES string of the molecule is CSCC(=O)N1CCCC(CN2CCCC2)C1. The molecule has 0 saturated carbocycles. The Morgan fingerprint density at radius 1 is 1.24 bits per heavy atom. The molecule has 17 heavy (non-hydrogen) atoms. The molecular weight excluding hydrogens is 232 g/mol. The molecule has 0 aromatic heterocycles. The standard InChI is InChI=1S/C13H24N2OS/c1-17-11-13(16)15-8-4-5-12(10-15)9-14-6-2-3-7-14/h12H,2-11H2,1H3. The largest absolute Gasteiger partial charge is 0.342 e. The van der Waals surface area contributed by atoms with E-state index in [0.717, 1.165) is 13.1 Å². The third-order valence-electron chi connectivity index (χ3n) is 3.85. The van der Waals surface area contributed by atoms with Crippen LogP contribution in [0.1, 0.15) is 25.7 Å². The fourth-order valence-corrected chi connectivity index (χ4v) is 3.42. The molecule has 0 aromatic carbocycles. The van der Waals surface area contributed by atoms with Gasteiger partial charge in [0.15, 0.2) is 0 Å². The molecule has 2 aliphatic heterocycles. The zero-order valence-corrected chi connectivity index (χ0v) is 11.7. The van der Waals surface area contributed by atoms with E-state index in [1.807, 2.05) is 6.26 Å². The van der Waals surface area contributed by atoms with Crippen molar-refractivity contribution in [1.29, 1.82) is 0 Å². The van der Waals surface area contributed by atoms with Crippen molar-refractivity contribution in [3.8, 4) is 0 Å². The molecule has 0 bridgehead atoms. The Bertz CT molecular complexity index is 254. The Morgan fingerprint density at radius 3 is 2.71 bits per heavy atom. The van der Waals surface area contributed by atoms with E-state index in [0.29, 0.717) is 17.6 Å². The number of piperidine rings is 1. The number of carbonyl (C=O) groups is 1. The fourth-order valence-electron chi connectivity index (χ4n) is 2.99. The lowest BCUT2D eigenvalue weighted by Gasteiger charge is -2.34. The first kappa shape index (κ1) is 13.2. The number of hydrogen-bond acceptors (Lipinski definition) is 3. The lowest BCUT2D eigenvalue weighted by Crippen LogP contribution is -2.44. The smallest absolute Gasteiger partial charge is 0.232 e. The van der Waals surface area contributed by atoms with Crippen LogP contribution < -0.4 is 0 Å². The first-order valence-electron chi connectivity index (χ1n) is 6.78. The van der Waals surface area contributed by atoms with Gasteiger partial charge in [-0.05, 0) is 50.9 Å². The van der Waals surface area contributed by atoms with Crippen molar-refractivity contribution >= 4 is 17.7 Å². The second-order valence-electron chi connectivity index (χ2n) is 5.29. The Balaban J connectivity index is 1.77. The third-order valence-corrected chi connectivity index (χ3v) is 4.39. The predicted octanol–water partition coefficient (Wildman–Crippen LogP) is 1.68. The van der Waals surface area contributed by atoms with Crippen molar-refractivity contribution in [3.63, 3.8) is 0 Å². The van der Waals surface area contributed by atoms with E-state index in [1.165, 1.54) is 45.3 Å². The highest BCUT2D eigenvalue weighted by Gasteiger charge is 2.25. The number of amides is 1. The summed E-state index contributed by atoms with van der Waals surface area (Å²) in [4.78, 5) is 16.5. The van der Waals surface area contributed by atoms with Gasteiger partial charge in [0.2, 0.25) is 5.91 Å². The van der Waals surface area contributed by atoms with Crippen LogP contribution >= 0.6 is 11.8 Å². The van der Waals surface area contributed by atoms with Crippen molar-refractivity contribution in [2.45, 2.75) is 25.7 Å². The van der Waals surface area contributed by atoms with Gasteiger partial charge in [-0.2, -0.15) is 11.8 Å². The molecule has 0 N–H and O–H groups in total. The van der Waals surface area contributed by atoms with Gasteiger partial charge in [-0.15, -0.1) is 0 Å². The van der Waals surface area contributed by atoms with Crippen molar-refractivity contribution in [3.05, 3.63) is 0 Å². The Kier molecular flexibility index (Phi) is 5.16. The normalized spacial score (nSPS) is 26.4. The maximum atomic E-state index is 11.9. The molecule has 2 saturated heterocycles. The van der Waals surface area contributed by atoms with Gasteiger partial charge in [-0.3, -0.25) is 4.79 Å². The molecule has 0 aliphatic carbocycles. The van der Waals surface area contributed by atoms with Crippen LogP contribution in [0.3, 0.4) is 0 Å². The molecular formula is C13H24N2OS. The number of carbonyl (C=O) groups excluding carboxylic acids is 1. The second-order valence-corrected chi connectivity index (χ2v) is 6.15. The van der Waals surface area contributed by atoms with E-state index in [9.17, 15) is 4.79 Å². The molecule has 4 heteroatoms. The average Bonchev–Trinajstić information content (AvgIpc) is 2.82. The van der Waals surface area contributed by atoms with Crippen molar-refractivity contribution in [1.82, 2.24) is 9.80 Å². The van der Waals surface area contributed by atoms with Gasteiger partial charge in [0.05, 0.1) is 5.75 Å². The Labute approximate surface area is 109 Å². The summed E-state index contributed by atoms with van der Waals surface area (Å²) in [6.07, 6.45) is 7.23. The zero-order chi connectivity index (χ0) is 12.1. The molecule has 0 radical (unpaired) electrons. The lowest BCUT2D eigenvalue weighted by atomic mass is 9.97. The molecule has 2 rings (SSSR count). The summed E-state index contributed by atoms with van der Waals surface area (Å²) in [5.41, 5.74) is 0. The average molecular weight is 256 g/mol. The fraction of sp³-hybridized carbons (Fsp3) is 0.923. The highest BCUT2D eigenvalue weighted by atomic mass is 32.2. The quantitative estimate of drug-likeness (QED) is 0.765. The molecule has 2 fully saturated rings. The van der Waals surface area contributed by atoms with Crippen LogP contribution in [0.4, 0.5) is 0 Å². The van der Waals surface area contributed by atoms with Gasteiger partial charge in [-0.1, -0.05) is 0 Å². The third kappa shape index (κ3) is 3.88. The maximum absolute atomic E-state index is 11.9. The van der Waals surface area contributed by atoms with Gasteiger partial charge in [0, 0.05) is 19.6 Å². The van der Waals surface area contributed by atoms with E-state index in [2.05, 4.69) is 9.80 Å². The minimum atomic E-state index is 0.337. The van der Waals surface area contributed by atoms with E-state index in [4.69, 9.17) is 0 Å². The minimum Gasteiger partial charge on any atom is -0.342 e. The van der Waals surface area contributed by atoms with Crippen molar-refractivity contribution < 1.29 is 4.79 Å². The van der Waals surface area contributed by atoms with Crippen LogP contribution in [0.25, 0.3) is 0 Å². The van der Waals surface area contributed by atoms with Crippen LogP contribution in [-0.2, 0) is 4.79 Å². The van der Waals surface area contributed by atoms with Crippen molar-refractivity contribution in [2.24, 2.45) is 5.92 Å². The molecule has 1 atom stereocenters. The van der Waals surface area contributed by atoms with Crippen LogP contribution in [0, 0.1) is 5.92 Å². The predicted molar refractivity (Wildman–Crippen MR) is 73.4 cm³/mol. The van der Waals surface area contributed by atoms with Crippen LogP contribution in [0.2, 0.25) is 0 Å². The van der Waals surface area contributed by atoms with Gasteiger partial charge in [0.1, 0.15) is 0 Å². The number of nitrogens with zero attached hydrogens (tertiary/aromatic N) is 2. The van der Waals surface area contributed by atoms with E-state index in [-0.39, 0.29) is 0 Å². The summed E-state index contributed by atoms with van der Waals surface area (Å²) in [5, 5.41) is 0. The summed E-state index contributed by atoms with van der Waals surface area (Å²) < 4.78 is 0. The number of likely N-dealkylation sites (tertiary alicyclic amines) is 2. The summed E-state index contributed by atoms with van der Waals surface area (Å²) in [6, 6.07) is 0. The molecule has 1 amide bonds. The van der Waals surface area contributed by atoms with Gasteiger partial charge >= 0.3 is 0 Å². The summed E-state index contributed by atoms with van der Waals surface area (Å²) >= 11 is 1.64. The highest BCUT2D eigenvalue weighted by Crippen LogP contribution is 2.20. The topological polar surface area (TPSA) is 23.6 Å². The monoisotopic (exact) mass is 256 g/mol. The van der Waals surface area contributed by atoms with E-state index < -0.39 is 0 Å². The van der Waals surface area contributed by atoms with E-state index in [1.54, 1.807) is 11.8 Å². The minimum absolute atomic E-state index is 0.337. The van der Waals surface area contributed by atoms with Gasteiger partial charge < -0.3 is 9.80 Å². The number of hydrogen-bond donors (Lipinski definition) is 0. The van der Waals surface area contributed by atoms with Crippen LogP contribution in [0.5, 0.6) is 0 Å². The lowest BCUT2D eigenvalue weighted by molar-refractivity contribution is -0.130. The first-order chi connectivity index (χ1) is 8.29. The molecule has 3 nitrogen and oxygen atoms in total. The van der Waals surface area contributed by atoms with Crippen LogP contribution in [0.15, 0.2) is 0 Å². The van der Waals surface area contributed by atoms with Gasteiger partial charge in [0.25, 0.3) is 0 Å². The van der Waals surface area contributed by atoms with Gasteiger partial charge in [-0.25, -0.2) is 0 Å². The van der Waals surface area contributed by atoms with E-state index >= 15 is 0 Å². The Morgan fingerprint density at radius 2 is 2.00 bits per heavy atom. The zero-order valence-electron chi connectivity index (χ0n) is 10.9. The van der Waals surface area contributed by atoms with Crippen LogP contribution in [-0.4, -0.2) is 60.4 Å². The summed E-state index contributed by atoms with van der Waals surface area (Å²) in [6.45, 7) is 5.74. The number of rotatable bonds is 4. The molecule has 2 heterocycles. The second kappa shape index (κ2) is 6.64. The molecule has 1 unspecified atom stereocenters. The summed E-state index contributed by atoms with van der Waals surface area (Å²) in [5.74, 6) is 1.70. The van der Waals surface area contributed by atoms with Crippen molar-refractivity contribution in [2.75, 3.05) is 44.7 Å². The molecule has 2 aliphatic rings. The summed E-state index contributed by atoms with van der Waals surface area (Å²) in [7, 11) is 0.